The zero-order valence-corrected chi connectivity index (χ0v) is 14.9. The van der Waals surface area contributed by atoms with E-state index in [9.17, 15) is 24.9 Å². The van der Waals surface area contributed by atoms with Crippen LogP contribution in [0.15, 0.2) is 30.1 Å². The van der Waals surface area contributed by atoms with Crippen LogP contribution < -0.4 is 4.57 Å². The number of fused-ring (bicyclic) bond motifs is 2. The average Bonchev–Trinajstić information content (AvgIpc) is 2.81. The van der Waals surface area contributed by atoms with Gasteiger partial charge in [-0.3, -0.25) is 4.79 Å². The van der Waals surface area contributed by atoms with Gasteiger partial charge in [-0.05, 0) is 25.7 Å². The molecule has 1 aromatic heterocycles. The molecule has 0 bridgehead atoms. The number of hydrogen-bond acceptors (Lipinski definition) is 4. The molecule has 0 fully saturated rings. The lowest BCUT2D eigenvalue weighted by Gasteiger charge is -2.37. The number of aliphatic carboxylic acids is 1. The minimum atomic E-state index is -1.20. The highest BCUT2D eigenvalue weighted by Crippen LogP contribution is 2.52. The second-order valence-corrected chi connectivity index (χ2v) is 8.06. The summed E-state index contributed by atoms with van der Waals surface area (Å²) in [6, 6.07) is 0.392. The van der Waals surface area contributed by atoms with Gasteiger partial charge in [0.1, 0.15) is 6.10 Å². The molecule has 0 saturated carbocycles. The van der Waals surface area contributed by atoms with Gasteiger partial charge in [0, 0.05) is 23.1 Å². The number of carbonyl (C=O) groups excluding carboxylic acids is 1. The Kier molecular flexibility index (Phi) is 3.89. The number of pyridine rings is 1. The number of allylic oxidation sites excluding steroid dienone is 1. The molecule has 3 rings (SSSR count). The van der Waals surface area contributed by atoms with Crippen molar-refractivity contribution in [3.8, 4) is 0 Å². The van der Waals surface area contributed by atoms with Crippen LogP contribution in [0, 0.1) is 11.3 Å². The summed E-state index contributed by atoms with van der Waals surface area (Å²) in [5.74, 6) is -1.64. The van der Waals surface area contributed by atoms with E-state index in [0.717, 1.165) is 0 Å². The van der Waals surface area contributed by atoms with Crippen molar-refractivity contribution < 1.29 is 29.5 Å². The van der Waals surface area contributed by atoms with Gasteiger partial charge in [0.05, 0.1) is 11.2 Å². The van der Waals surface area contributed by atoms with Crippen molar-refractivity contribution in [3.05, 3.63) is 41.2 Å². The molecule has 0 aromatic carbocycles. The Bertz CT molecular complexity index is 791. The average molecular weight is 346 g/mol. The molecular weight excluding hydrogens is 322 g/mol. The predicted molar refractivity (Wildman–Crippen MR) is 88.9 cm³/mol. The fraction of sp³-hybridized carbons (Fsp3) is 0.526. The van der Waals surface area contributed by atoms with Gasteiger partial charge in [-0.15, -0.1) is 0 Å². The van der Waals surface area contributed by atoms with E-state index in [4.69, 9.17) is 0 Å². The molecular formula is C19H24NO5+. The van der Waals surface area contributed by atoms with Crippen LogP contribution in [0.2, 0.25) is 0 Å². The summed E-state index contributed by atoms with van der Waals surface area (Å²) >= 11 is 0. The Hall–Kier alpha value is -2.05. The van der Waals surface area contributed by atoms with Gasteiger partial charge < -0.3 is 15.3 Å². The van der Waals surface area contributed by atoms with Gasteiger partial charge in [0.25, 0.3) is 6.04 Å². The molecule has 1 aromatic rings. The number of aromatic nitrogens is 1. The van der Waals surface area contributed by atoms with Crippen molar-refractivity contribution in [1.29, 1.82) is 0 Å². The van der Waals surface area contributed by atoms with Crippen LogP contribution in [0.5, 0.6) is 0 Å². The summed E-state index contributed by atoms with van der Waals surface area (Å²) in [6.07, 6.45) is 4.40. The van der Waals surface area contributed by atoms with Crippen LogP contribution in [-0.4, -0.2) is 33.2 Å². The molecule has 6 nitrogen and oxygen atoms in total. The van der Waals surface area contributed by atoms with E-state index in [-0.39, 0.29) is 17.1 Å². The molecule has 25 heavy (non-hydrogen) atoms. The van der Waals surface area contributed by atoms with Gasteiger partial charge in [-0.25, -0.2) is 4.79 Å². The summed E-state index contributed by atoms with van der Waals surface area (Å²) in [4.78, 5) is 24.4. The summed E-state index contributed by atoms with van der Waals surface area (Å²) in [5.41, 5.74) is -0.000996. The van der Waals surface area contributed by atoms with Crippen molar-refractivity contribution in [1.82, 2.24) is 0 Å². The molecule has 0 amide bonds. The molecule has 1 heterocycles. The molecule has 3 N–H and O–H groups in total. The Morgan fingerprint density at radius 3 is 2.56 bits per heavy atom. The lowest BCUT2D eigenvalue weighted by atomic mass is 9.69. The van der Waals surface area contributed by atoms with Crippen molar-refractivity contribution in [3.63, 3.8) is 0 Å². The summed E-state index contributed by atoms with van der Waals surface area (Å²) < 4.78 is 1.32. The normalized spacial score (nSPS) is 29.4. The van der Waals surface area contributed by atoms with Gasteiger partial charge in [0.15, 0.2) is 18.2 Å². The molecule has 6 heteroatoms. The maximum atomic E-state index is 13.0. The van der Waals surface area contributed by atoms with Crippen molar-refractivity contribution in [2.45, 2.75) is 51.9 Å². The monoisotopic (exact) mass is 346 g/mol. The zero-order valence-electron chi connectivity index (χ0n) is 14.9. The highest BCUT2D eigenvalue weighted by Gasteiger charge is 2.51. The Balaban J connectivity index is 2.16. The van der Waals surface area contributed by atoms with E-state index in [2.05, 4.69) is 0 Å². The molecule has 2 aliphatic carbocycles. The summed E-state index contributed by atoms with van der Waals surface area (Å²) in [7, 11) is 0. The predicted octanol–water partition coefficient (Wildman–Crippen LogP) is 1.36. The maximum absolute atomic E-state index is 13.0. The topological polar surface area (TPSA) is 98.7 Å². The second-order valence-electron chi connectivity index (χ2n) is 8.06. The number of nitrogens with zero attached hydrogens (tertiary/aromatic N) is 1. The lowest BCUT2D eigenvalue weighted by molar-refractivity contribution is -0.717. The minimum absolute atomic E-state index is 0.179. The van der Waals surface area contributed by atoms with E-state index in [1.54, 1.807) is 13.0 Å². The Morgan fingerprint density at radius 2 is 2.00 bits per heavy atom. The third-order valence-electron chi connectivity index (χ3n) is 5.40. The van der Waals surface area contributed by atoms with Crippen LogP contribution >= 0.6 is 0 Å². The summed E-state index contributed by atoms with van der Waals surface area (Å²) in [5, 5.41) is 30.3. The fourth-order valence-corrected chi connectivity index (χ4v) is 4.18. The second kappa shape index (κ2) is 5.47. The number of Topliss-reactive ketones (excluding diaryl/α,β-unsaturated/α-hetero) is 1. The number of aliphatic hydroxyl groups excluding tert-OH is 1. The molecule has 0 saturated heterocycles. The lowest BCUT2D eigenvalue weighted by Crippen LogP contribution is -2.51. The van der Waals surface area contributed by atoms with E-state index in [0.29, 0.717) is 23.1 Å². The number of carboxylic acid groups (broad SMARTS) is 1. The maximum Gasteiger partial charge on any atom is 0.376 e. The molecule has 2 aliphatic rings. The van der Waals surface area contributed by atoms with Crippen LogP contribution in [0.25, 0.3) is 0 Å². The van der Waals surface area contributed by atoms with Crippen molar-refractivity contribution in [2.24, 2.45) is 11.3 Å². The SMILES string of the molecule is C[C@@H](O)[C@@H](C(=O)O)[n+]1ccc2c(c1)C(=O)C1=CC(C)(C)CC1C2(C)O. The van der Waals surface area contributed by atoms with Gasteiger partial charge in [0.2, 0.25) is 0 Å². The van der Waals surface area contributed by atoms with E-state index < -0.39 is 23.7 Å². The van der Waals surface area contributed by atoms with E-state index >= 15 is 0 Å². The molecule has 0 aliphatic heterocycles. The number of carbonyl (C=O) groups is 2. The first-order chi connectivity index (χ1) is 11.5. The first-order valence-corrected chi connectivity index (χ1v) is 8.41. The Morgan fingerprint density at radius 1 is 1.36 bits per heavy atom. The number of aliphatic hydroxyl groups is 2. The largest absolute Gasteiger partial charge is 0.476 e. The molecule has 4 atom stereocenters. The van der Waals surface area contributed by atoms with E-state index in [1.165, 1.54) is 23.9 Å². The van der Waals surface area contributed by atoms with Gasteiger partial charge in [-0.2, -0.15) is 4.57 Å². The highest BCUT2D eigenvalue weighted by molar-refractivity contribution is 6.11. The summed E-state index contributed by atoms with van der Waals surface area (Å²) in [6.45, 7) is 7.15. The number of rotatable bonds is 3. The van der Waals surface area contributed by atoms with Crippen LogP contribution in [0.3, 0.4) is 0 Å². The van der Waals surface area contributed by atoms with Gasteiger partial charge in [-0.1, -0.05) is 19.9 Å². The molecule has 2 unspecified atom stereocenters. The minimum Gasteiger partial charge on any atom is -0.476 e. The van der Waals surface area contributed by atoms with Crippen LogP contribution in [-0.2, 0) is 10.4 Å². The number of hydrogen-bond donors (Lipinski definition) is 3. The third-order valence-corrected chi connectivity index (χ3v) is 5.40. The number of carboxylic acids is 1. The zero-order chi connectivity index (χ0) is 18.7. The third kappa shape index (κ3) is 2.69. The number of ketones is 1. The van der Waals surface area contributed by atoms with Gasteiger partial charge >= 0.3 is 5.97 Å². The van der Waals surface area contributed by atoms with Crippen LogP contribution in [0.1, 0.15) is 56.1 Å². The molecule has 0 radical (unpaired) electrons. The van der Waals surface area contributed by atoms with Crippen molar-refractivity contribution >= 4 is 11.8 Å². The van der Waals surface area contributed by atoms with Crippen molar-refractivity contribution in [2.75, 3.05) is 0 Å². The van der Waals surface area contributed by atoms with E-state index in [1.807, 2.05) is 19.9 Å². The first-order valence-electron chi connectivity index (χ1n) is 8.41. The Labute approximate surface area is 146 Å². The quantitative estimate of drug-likeness (QED) is 0.718. The smallest absolute Gasteiger partial charge is 0.376 e. The standard InChI is InChI=1S/C19H23NO5/c1-10(21)15(17(23)24)20-6-5-13-12(9-20)16(22)11-7-18(2,3)8-14(11)19(13,4)25/h5-7,9-10,14-15,21,25H,8H2,1-4H3/p+1/t10-,14?,15+,19?/m1/s1. The first kappa shape index (κ1) is 17.8. The molecule has 0 spiro atoms. The molecule has 134 valence electrons. The highest BCUT2D eigenvalue weighted by atomic mass is 16.4. The fourth-order valence-electron chi connectivity index (χ4n) is 4.18. The van der Waals surface area contributed by atoms with Crippen LogP contribution in [0.4, 0.5) is 0 Å².